The van der Waals surface area contributed by atoms with Gasteiger partial charge in [-0.25, -0.2) is 14.0 Å². The molecule has 0 aliphatic carbocycles. The van der Waals surface area contributed by atoms with Crippen LogP contribution in [0.15, 0.2) is 42.7 Å². The maximum Gasteiger partial charge on any atom is 0.664 e. The smallest absolute Gasteiger partial charge is 0.491 e. The van der Waals surface area contributed by atoms with Gasteiger partial charge in [0, 0.05) is 10.6 Å². The first-order valence-electron chi connectivity index (χ1n) is 11.5. The number of nitrogens with two attached hydrogens (primary N) is 1. The second-order valence-corrected chi connectivity index (χ2v) is 9.88. The Morgan fingerprint density at radius 3 is 2.76 bits per heavy atom. The molecule has 0 amide bonds. The molecule has 0 spiro atoms. The standard InChI is InChI=1S/C23H25N6O8P/c1-12(2)18(22(32)33)28-38(34)37-14-5-3-4-13(8-14)35-9-16-19(30)20(31)23(10-24,36-16)17-7-6-15-21(25)26-11-27-29(15)17/h3-8,11-12,16,18-20,30-31H,9H2,1-2H3,(H3-,25,26,27,28,32,33,34)/p+1/t16-,18?,19-,20-,23+/m1/s1. The summed E-state index contributed by atoms with van der Waals surface area (Å²) < 4.78 is 30.5. The Balaban J connectivity index is 1.45. The van der Waals surface area contributed by atoms with E-state index in [-0.39, 0.29) is 35.5 Å². The van der Waals surface area contributed by atoms with Gasteiger partial charge in [-0.05, 0) is 30.2 Å². The Bertz CT molecular complexity index is 1390. The lowest BCUT2D eigenvalue weighted by molar-refractivity contribution is -0.140. The highest BCUT2D eigenvalue weighted by molar-refractivity contribution is 7.37. The van der Waals surface area contributed by atoms with Crippen molar-refractivity contribution >= 4 is 25.5 Å². The molecule has 4 rings (SSSR count). The van der Waals surface area contributed by atoms with E-state index in [0.29, 0.717) is 5.52 Å². The van der Waals surface area contributed by atoms with E-state index < -0.39 is 44.1 Å². The van der Waals surface area contributed by atoms with Crippen LogP contribution >= 0.6 is 8.18 Å². The lowest BCUT2D eigenvalue weighted by Crippen LogP contribution is -2.41. The molecule has 1 fully saturated rings. The second-order valence-electron chi connectivity index (χ2n) is 8.92. The number of nitrogen functional groups attached to an aromatic ring is 1. The summed E-state index contributed by atoms with van der Waals surface area (Å²) in [5, 5.41) is 47.3. The van der Waals surface area contributed by atoms with Crippen LogP contribution < -0.4 is 20.1 Å². The zero-order chi connectivity index (χ0) is 27.6. The first kappa shape index (κ1) is 27.2. The van der Waals surface area contributed by atoms with E-state index in [1.807, 2.05) is 6.07 Å². The molecule has 1 aliphatic heterocycles. The highest BCUT2D eigenvalue weighted by Crippen LogP contribution is 2.40. The SMILES string of the molecule is CC(C)C(N[P+](=O)Oc1cccc(OC[C@H]2O[C@@](C#N)(c3ccc4c(N)ncnn34)[C@H](O)[C@@H]2O)c1)C(=O)O. The predicted molar refractivity (Wildman–Crippen MR) is 131 cm³/mol. The van der Waals surface area contributed by atoms with Crippen LogP contribution in [0.1, 0.15) is 19.5 Å². The molecule has 6 N–H and O–H groups in total. The number of anilines is 1. The second kappa shape index (κ2) is 10.9. The zero-order valence-electron chi connectivity index (χ0n) is 20.3. The topological polar surface area (TPSA) is 215 Å². The van der Waals surface area contributed by atoms with Gasteiger partial charge in [0.25, 0.3) is 0 Å². The Labute approximate surface area is 217 Å². The maximum atomic E-state index is 12.3. The van der Waals surface area contributed by atoms with E-state index in [9.17, 15) is 29.9 Å². The van der Waals surface area contributed by atoms with Crippen molar-refractivity contribution in [2.24, 2.45) is 5.92 Å². The van der Waals surface area contributed by atoms with Crippen molar-refractivity contribution in [3.8, 4) is 17.6 Å². The van der Waals surface area contributed by atoms with Crippen LogP contribution in [0.25, 0.3) is 5.52 Å². The van der Waals surface area contributed by atoms with E-state index in [0.717, 1.165) is 0 Å². The lowest BCUT2D eigenvalue weighted by atomic mass is 9.92. The normalized spacial score (nSPS) is 24.2. The summed E-state index contributed by atoms with van der Waals surface area (Å²) in [6, 6.07) is 10.0. The van der Waals surface area contributed by atoms with E-state index in [2.05, 4.69) is 15.2 Å². The van der Waals surface area contributed by atoms with Gasteiger partial charge in [0.2, 0.25) is 5.60 Å². The fourth-order valence-electron chi connectivity index (χ4n) is 4.07. The quantitative estimate of drug-likeness (QED) is 0.225. The number of benzene rings is 1. The van der Waals surface area contributed by atoms with E-state index >= 15 is 0 Å². The molecule has 38 heavy (non-hydrogen) atoms. The summed E-state index contributed by atoms with van der Waals surface area (Å²) in [5.74, 6) is -0.931. The van der Waals surface area contributed by atoms with Gasteiger partial charge in [-0.2, -0.15) is 10.4 Å². The average molecular weight is 545 g/mol. The molecule has 2 unspecified atom stereocenters. The van der Waals surface area contributed by atoms with Crippen molar-refractivity contribution in [1.82, 2.24) is 19.7 Å². The monoisotopic (exact) mass is 545 g/mol. The van der Waals surface area contributed by atoms with Gasteiger partial charge < -0.3 is 30.5 Å². The largest absolute Gasteiger partial charge is 0.664 e. The molecule has 200 valence electrons. The highest BCUT2D eigenvalue weighted by atomic mass is 31.1. The number of hydrogen-bond acceptors (Lipinski definition) is 11. The van der Waals surface area contributed by atoms with Gasteiger partial charge >= 0.3 is 14.1 Å². The van der Waals surface area contributed by atoms with Crippen LogP contribution in [0, 0.1) is 17.2 Å². The Kier molecular flexibility index (Phi) is 7.77. The fraction of sp³-hybridized carbons (Fsp3) is 0.391. The number of aliphatic carboxylic acids is 1. The van der Waals surface area contributed by atoms with Gasteiger partial charge in [0.1, 0.15) is 48.6 Å². The molecule has 0 bridgehead atoms. The number of ether oxygens (including phenoxy) is 2. The molecule has 14 nitrogen and oxygen atoms in total. The van der Waals surface area contributed by atoms with Crippen LogP contribution in [0.2, 0.25) is 0 Å². The number of carboxylic acids is 1. The minimum Gasteiger partial charge on any atom is -0.491 e. The first-order chi connectivity index (χ1) is 18.1. The van der Waals surface area contributed by atoms with Crippen molar-refractivity contribution in [3.05, 3.63) is 48.4 Å². The molecule has 1 aromatic carbocycles. The van der Waals surface area contributed by atoms with Crippen LogP contribution in [-0.2, 0) is 19.7 Å². The third-order valence-corrected chi connectivity index (χ3v) is 6.94. The summed E-state index contributed by atoms with van der Waals surface area (Å²) in [5.41, 5.74) is 4.45. The maximum absolute atomic E-state index is 12.3. The molecule has 1 saturated heterocycles. The third-order valence-electron chi connectivity index (χ3n) is 6.07. The van der Waals surface area contributed by atoms with Gasteiger partial charge in [-0.1, -0.05) is 25.0 Å². The Morgan fingerprint density at radius 1 is 1.34 bits per heavy atom. The van der Waals surface area contributed by atoms with Crippen molar-refractivity contribution in [2.45, 2.75) is 43.8 Å². The van der Waals surface area contributed by atoms with E-state index in [4.69, 9.17) is 19.7 Å². The number of fused-ring (bicyclic) bond motifs is 1. The molecule has 2 aromatic heterocycles. The molecular weight excluding hydrogens is 519 g/mol. The van der Waals surface area contributed by atoms with Crippen LogP contribution in [0.3, 0.4) is 0 Å². The van der Waals surface area contributed by atoms with Crippen LogP contribution in [0.5, 0.6) is 11.5 Å². The van der Waals surface area contributed by atoms with Gasteiger partial charge in [0.15, 0.2) is 17.6 Å². The summed E-state index contributed by atoms with van der Waals surface area (Å²) in [6.07, 6.45) is -3.04. The molecule has 0 saturated carbocycles. The van der Waals surface area contributed by atoms with Crippen LogP contribution in [-0.4, -0.2) is 66.8 Å². The summed E-state index contributed by atoms with van der Waals surface area (Å²) >= 11 is 0. The summed E-state index contributed by atoms with van der Waals surface area (Å²) in [7, 11) is -2.55. The van der Waals surface area contributed by atoms with Gasteiger partial charge in [-0.15, -0.1) is 0 Å². The Morgan fingerprint density at radius 2 is 2.08 bits per heavy atom. The number of rotatable bonds is 10. The minimum absolute atomic E-state index is 0.139. The number of nitriles is 1. The van der Waals surface area contributed by atoms with Crippen molar-refractivity contribution in [1.29, 1.82) is 5.26 Å². The zero-order valence-corrected chi connectivity index (χ0v) is 21.2. The molecular formula is C23H26N6O8P+. The van der Waals surface area contributed by atoms with Gasteiger partial charge in [-0.3, -0.25) is 4.79 Å². The molecule has 6 atom stereocenters. The van der Waals surface area contributed by atoms with E-state index in [1.54, 1.807) is 32.0 Å². The van der Waals surface area contributed by atoms with Crippen LogP contribution in [0.4, 0.5) is 5.82 Å². The molecule has 15 heteroatoms. The van der Waals surface area contributed by atoms with E-state index in [1.165, 1.54) is 29.0 Å². The highest BCUT2D eigenvalue weighted by Gasteiger charge is 2.57. The number of aliphatic hydroxyl groups excluding tert-OH is 2. The first-order valence-corrected chi connectivity index (χ1v) is 12.7. The number of carboxylic acid groups (broad SMARTS) is 1. The van der Waals surface area contributed by atoms with Crippen molar-refractivity contribution in [3.63, 3.8) is 0 Å². The number of hydrogen-bond donors (Lipinski definition) is 5. The molecule has 3 heterocycles. The number of nitrogens with zero attached hydrogens (tertiary/aromatic N) is 4. The summed E-state index contributed by atoms with van der Waals surface area (Å²) in [6.45, 7) is 3.08. The number of aliphatic hydroxyl groups is 2. The average Bonchev–Trinajstić information content (AvgIpc) is 3.42. The van der Waals surface area contributed by atoms with Crippen molar-refractivity contribution in [2.75, 3.05) is 12.3 Å². The number of aromatic nitrogens is 3. The number of nitrogens with one attached hydrogen (secondary N) is 1. The Hall–Kier alpha value is -3.86. The number of carbonyl (C=O) groups is 1. The van der Waals surface area contributed by atoms with Gasteiger partial charge in [0.05, 0.1) is 5.69 Å². The van der Waals surface area contributed by atoms with Crippen molar-refractivity contribution < 1.29 is 38.7 Å². The molecule has 3 aromatic rings. The minimum atomic E-state index is -2.55. The molecule has 1 aliphatic rings. The molecule has 0 radical (unpaired) electrons. The third kappa shape index (κ3) is 5.10. The summed E-state index contributed by atoms with van der Waals surface area (Å²) in [4.78, 5) is 15.2. The fourth-order valence-corrected chi connectivity index (χ4v) is 5.07. The predicted octanol–water partition coefficient (Wildman–Crippen LogP) is 0.965. The lowest BCUT2D eigenvalue weighted by Gasteiger charge is -2.24.